The number of aryl methyl sites for hydroxylation is 2. The van der Waals surface area contributed by atoms with E-state index in [1.165, 1.54) is 12.1 Å². The van der Waals surface area contributed by atoms with E-state index in [9.17, 15) is 53.5 Å². The van der Waals surface area contributed by atoms with Gasteiger partial charge in [-0.05, 0) is 37.1 Å². The summed E-state index contributed by atoms with van der Waals surface area (Å²) in [5.41, 5.74) is -0.804. The lowest BCUT2D eigenvalue weighted by Gasteiger charge is -2.28. The average Bonchev–Trinajstić information content (AvgIpc) is 3.01. The molecule has 46 heavy (non-hydrogen) atoms. The van der Waals surface area contributed by atoms with Crippen LogP contribution in [0.15, 0.2) is 36.4 Å². The molecule has 0 unspecified atom stereocenters. The van der Waals surface area contributed by atoms with E-state index < -0.39 is 93.7 Å². The van der Waals surface area contributed by atoms with Crippen LogP contribution in [0.2, 0.25) is 0 Å². The van der Waals surface area contributed by atoms with Gasteiger partial charge in [-0.1, -0.05) is 24.3 Å². The lowest BCUT2D eigenvalue weighted by atomic mass is 10.0. The van der Waals surface area contributed by atoms with Crippen LogP contribution >= 0.6 is 0 Å². The molecule has 0 aliphatic carbocycles. The number of benzene rings is 4. The minimum atomic E-state index is -2.28. The molecular formula is C30H16F10N2O4. The van der Waals surface area contributed by atoms with Gasteiger partial charge in [-0.2, -0.15) is 0 Å². The monoisotopic (exact) mass is 658 g/mol. The summed E-state index contributed by atoms with van der Waals surface area (Å²) in [7, 11) is 0. The van der Waals surface area contributed by atoms with Crippen molar-refractivity contribution in [3.8, 4) is 0 Å². The molecule has 6 rings (SSSR count). The van der Waals surface area contributed by atoms with Gasteiger partial charge in [0.15, 0.2) is 46.5 Å². The number of carbonyl (C=O) groups is 2. The van der Waals surface area contributed by atoms with Crippen LogP contribution in [0.1, 0.15) is 55.4 Å². The summed E-state index contributed by atoms with van der Waals surface area (Å²) in [6.45, 7) is 3.22. The number of hydrogen-bond acceptors (Lipinski definition) is 6. The molecule has 2 N–H and O–H groups in total. The molecule has 2 aliphatic heterocycles. The highest BCUT2D eigenvalue weighted by Crippen LogP contribution is 2.38. The maximum absolute atomic E-state index is 13.8. The summed E-state index contributed by atoms with van der Waals surface area (Å²) < 4.78 is 144. The average molecular weight is 658 g/mol. The van der Waals surface area contributed by atoms with Gasteiger partial charge in [-0.25, -0.2) is 53.5 Å². The Kier molecular flexibility index (Phi) is 8.31. The summed E-state index contributed by atoms with van der Waals surface area (Å²) >= 11 is 0. The standard InChI is InChI=1S/2C15H8F5NO2/c2*1-5-3-2-4-6-7(5)15(22)23-14(21-6)8-9(16)11(18)13(20)12(19)10(8)17/h2*2-4,14,21H,1H3/t2*14-/m00/s1. The number of ether oxygens (including phenoxy) is 2. The third-order valence-corrected chi connectivity index (χ3v) is 6.99. The number of carbonyl (C=O) groups excluding carboxylic acids is 2. The topological polar surface area (TPSA) is 76.7 Å². The van der Waals surface area contributed by atoms with Gasteiger partial charge in [0.1, 0.15) is 0 Å². The van der Waals surface area contributed by atoms with Gasteiger partial charge in [-0.15, -0.1) is 0 Å². The smallest absolute Gasteiger partial charge is 0.342 e. The first-order chi connectivity index (χ1) is 21.6. The van der Waals surface area contributed by atoms with Crippen molar-refractivity contribution in [3.63, 3.8) is 0 Å². The summed E-state index contributed by atoms with van der Waals surface area (Å²) in [5, 5.41) is 4.92. The molecule has 240 valence electrons. The molecule has 2 heterocycles. The van der Waals surface area contributed by atoms with Crippen molar-refractivity contribution in [1.29, 1.82) is 0 Å². The summed E-state index contributed by atoms with van der Waals surface area (Å²) in [6.07, 6.45) is -3.66. The van der Waals surface area contributed by atoms with E-state index in [1.54, 1.807) is 38.1 Å². The number of anilines is 2. The van der Waals surface area contributed by atoms with Crippen LogP contribution in [0.3, 0.4) is 0 Å². The van der Waals surface area contributed by atoms with Crippen molar-refractivity contribution >= 4 is 23.3 Å². The van der Waals surface area contributed by atoms with Crippen LogP contribution in [0.5, 0.6) is 0 Å². The first-order valence-corrected chi connectivity index (χ1v) is 12.8. The van der Waals surface area contributed by atoms with Gasteiger partial charge in [0.2, 0.25) is 24.1 Å². The molecular weight excluding hydrogens is 642 g/mol. The maximum Gasteiger partial charge on any atom is 0.342 e. The minimum Gasteiger partial charge on any atom is -0.433 e. The van der Waals surface area contributed by atoms with Gasteiger partial charge in [0, 0.05) is 0 Å². The molecule has 0 fully saturated rings. The highest BCUT2D eigenvalue weighted by atomic mass is 19.2. The zero-order chi connectivity index (χ0) is 33.8. The van der Waals surface area contributed by atoms with Crippen molar-refractivity contribution in [2.75, 3.05) is 10.6 Å². The third-order valence-electron chi connectivity index (χ3n) is 6.99. The Morgan fingerprint density at radius 3 is 1.07 bits per heavy atom. The Balaban J connectivity index is 0.000000181. The number of rotatable bonds is 2. The Hall–Kier alpha value is -5.28. The zero-order valence-corrected chi connectivity index (χ0v) is 23.0. The van der Waals surface area contributed by atoms with Crippen LogP contribution in [0.25, 0.3) is 0 Å². The summed E-state index contributed by atoms with van der Waals surface area (Å²) in [6, 6.07) is 9.22. The van der Waals surface area contributed by atoms with E-state index in [4.69, 9.17) is 9.47 Å². The Bertz CT molecular complexity index is 1760. The molecule has 0 amide bonds. The second-order valence-electron chi connectivity index (χ2n) is 9.82. The van der Waals surface area contributed by atoms with Gasteiger partial charge < -0.3 is 20.1 Å². The maximum atomic E-state index is 13.8. The Labute approximate surface area is 251 Å². The number of cyclic esters (lactones) is 2. The molecule has 2 atom stereocenters. The van der Waals surface area contributed by atoms with E-state index in [1.807, 2.05) is 0 Å². The van der Waals surface area contributed by atoms with Crippen LogP contribution < -0.4 is 10.6 Å². The number of hydrogen-bond donors (Lipinski definition) is 2. The first kappa shape index (κ1) is 32.1. The fraction of sp³-hybridized carbons (Fsp3) is 0.133. The number of nitrogens with one attached hydrogen (secondary N) is 2. The van der Waals surface area contributed by atoms with Crippen molar-refractivity contribution in [2.24, 2.45) is 0 Å². The molecule has 0 aromatic heterocycles. The van der Waals surface area contributed by atoms with E-state index in [2.05, 4.69) is 10.6 Å². The van der Waals surface area contributed by atoms with Crippen molar-refractivity contribution in [3.05, 3.63) is 128 Å². The number of fused-ring (bicyclic) bond motifs is 2. The van der Waals surface area contributed by atoms with E-state index >= 15 is 0 Å². The number of esters is 2. The first-order valence-electron chi connectivity index (χ1n) is 12.8. The molecule has 0 saturated heterocycles. The predicted octanol–water partition coefficient (Wildman–Crippen LogP) is 7.94. The molecule has 0 saturated carbocycles. The summed E-state index contributed by atoms with van der Waals surface area (Å²) in [4.78, 5) is 24.0. The van der Waals surface area contributed by atoms with E-state index in [-0.39, 0.29) is 22.5 Å². The van der Waals surface area contributed by atoms with Crippen molar-refractivity contribution in [1.82, 2.24) is 0 Å². The molecule has 4 aromatic carbocycles. The molecule has 0 radical (unpaired) electrons. The second-order valence-corrected chi connectivity index (χ2v) is 9.82. The lowest BCUT2D eigenvalue weighted by molar-refractivity contribution is 0.0302. The Morgan fingerprint density at radius 2 is 0.761 bits per heavy atom. The molecule has 2 aliphatic rings. The van der Waals surface area contributed by atoms with Crippen LogP contribution in [-0.2, 0) is 9.47 Å². The SMILES string of the molecule is Cc1cccc2c1C(=O)O[C@@H](c1c(F)c(F)c(F)c(F)c1F)N2.Cc1cccc2c1C(=O)O[C@@H](c1c(F)c(F)c(F)c(F)c1F)N2. The molecule has 0 bridgehead atoms. The lowest BCUT2D eigenvalue weighted by Crippen LogP contribution is -2.28. The van der Waals surface area contributed by atoms with Gasteiger partial charge in [0.25, 0.3) is 0 Å². The quantitative estimate of drug-likeness (QED) is 0.0986. The van der Waals surface area contributed by atoms with Crippen molar-refractivity contribution < 1.29 is 63.0 Å². The highest BCUT2D eigenvalue weighted by Gasteiger charge is 2.38. The molecule has 16 heteroatoms. The van der Waals surface area contributed by atoms with Crippen LogP contribution in [-0.4, -0.2) is 11.9 Å². The van der Waals surface area contributed by atoms with Gasteiger partial charge in [0.05, 0.1) is 33.6 Å². The fourth-order valence-electron chi connectivity index (χ4n) is 4.76. The minimum absolute atomic E-state index is 0.132. The Morgan fingerprint density at radius 1 is 0.478 bits per heavy atom. The normalized spacial score (nSPS) is 16.6. The molecule has 4 aromatic rings. The highest BCUT2D eigenvalue weighted by molar-refractivity contribution is 5.99. The third kappa shape index (κ3) is 5.22. The van der Waals surface area contributed by atoms with Crippen LogP contribution in [0, 0.1) is 72.0 Å². The van der Waals surface area contributed by atoms with Crippen LogP contribution in [0.4, 0.5) is 55.3 Å². The molecule has 6 nitrogen and oxygen atoms in total. The number of halogens is 10. The van der Waals surface area contributed by atoms with Gasteiger partial charge in [-0.3, -0.25) is 0 Å². The molecule has 0 spiro atoms. The zero-order valence-electron chi connectivity index (χ0n) is 23.0. The predicted molar refractivity (Wildman–Crippen MR) is 138 cm³/mol. The second kappa shape index (κ2) is 11.9. The summed E-state index contributed by atoms with van der Waals surface area (Å²) in [5.74, 6) is -23.0. The fourth-order valence-corrected chi connectivity index (χ4v) is 4.76. The van der Waals surface area contributed by atoms with Gasteiger partial charge >= 0.3 is 11.9 Å². The largest absolute Gasteiger partial charge is 0.433 e. The van der Waals surface area contributed by atoms with E-state index in [0.717, 1.165) is 0 Å². The van der Waals surface area contributed by atoms with E-state index in [0.29, 0.717) is 11.1 Å². The van der Waals surface area contributed by atoms with Crippen molar-refractivity contribution in [2.45, 2.75) is 26.3 Å².